The van der Waals surface area contributed by atoms with E-state index >= 15 is 0 Å². The summed E-state index contributed by atoms with van der Waals surface area (Å²) in [5, 5.41) is 0. The molecule has 1 aliphatic rings. The van der Waals surface area contributed by atoms with Crippen LogP contribution in [-0.2, 0) is 6.18 Å². The molecule has 1 aromatic rings. The Labute approximate surface area is 73.6 Å². The summed E-state index contributed by atoms with van der Waals surface area (Å²) in [4.78, 5) is 3.79. The number of aromatic nitrogens is 1. The van der Waals surface area contributed by atoms with Crippen LogP contribution in [0.4, 0.5) is 13.2 Å². The van der Waals surface area contributed by atoms with Gasteiger partial charge in [-0.3, -0.25) is 4.98 Å². The summed E-state index contributed by atoms with van der Waals surface area (Å²) in [6.07, 6.45) is -0.0941. The molecule has 1 aliphatic carbocycles. The molecule has 2 rings (SSSR count). The Morgan fingerprint density at radius 1 is 1.38 bits per heavy atom. The van der Waals surface area contributed by atoms with E-state index in [1.54, 1.807) is 0 Å². The maximum atomic E-state index is 12.2. The van der Waals surface area contributed by atoms with E-state index in [1.165, 1.54) is 0 Å². The van der Waals surface area contributed by atoms with Crippen molar-refractivity contribution in [2.75, 3.05) is 0 Å². The first-order valence-corrected chi connectivity index (χ1v) is 4.02. The highest BCUT2D eigenvalue weighted by molar-refractivity contribution is 5.23. The molecule has 1 radical (unpaired) electrons. The first-order chi connectivity index (χ1) is 6.07. The molecular weight excluding hydrogens is 179 g/mol. The molecule has 4 heteroatoms. The van der Waals surface area contributed by atoms with Gasteiger partial charge in [-0.1, -0.05) is 0 Å². The maximum Gasteiger partial charge on any atom is 0.416 e. The van der Waals surface area contributed by atoms with Crippen molar-refractivity contribution in [1.82, 2.24) is 4.98 Å². The van der Waals surface area contributed by atoms with E-state index < -0.39 is 11.7 Å². The van der Waals surface area contributed by atoms with Gasteiger partial charge in [-0.2, -0.15) is 13.2 Å². The molecule has 1 nitrogen and oxygen atoms in total. The fourth-order valence-electron chi connectivity index (χ4n) is 1.16. The molecular formula is C9H7F3N. The van der Waals surface area contributed by atoms with Gasteiger partial charge in [0.05, 0.1) is 11.8 Å². The predicted octanol–water partition coefficient (Wildman–Crippen LogP) is 2.78. The zero-order valence-corrected chi connectivity index (χ0v) is 6.73. The SMILES string of the molecule is FC(F)(F)c1c[c]nc(C2CC2)c1. The second kappa shape index (κ2) is 2.72. The molecule has 0 unspecified atom stereocenters. The van der Waals surface area contributed by atoms with Gasteiger partial charge in [0.15, 0.2) is 0 Å². The minimum absolute atomic E-state index is 0.235. The predicted molar refractivity (Wildman–Crippen MR) is 40.1 cm³/mol. The van der Waals surface area contributed by atoms with E-state index in [-0.39, 0.29) is 5.92 Å². The molecule has 0 amide bonds. The zero-order valence-electron chi connectivity index (χ0n) is 6.73. The Morgan fingerprint density at radius 3 is 2.62 bits per heavy atom. The number of nitrogens with zero attached hydrogens (tertiary/aromatic N) is 1. The van der Waals surface area contributed by atoms with Gasteiger partial charge >= 0.3 is 6.18 Å². The number of hydrogen-bond acceptors (Lipinski definition) is 1. The quantitative estimate of drug-likeness (QED) is 0.657. The second-order valence-electron chi connectivity index (χ2n) is 3.18. The lowest BCUT2D eigenvalue weighted by Gasteiger charge is -2.06. The molecule has 1 heterocycles. The number of pyridine rings is 1. The summed E-state index contributed by atoms with van der Waals surface area (Å²) in [5.41, 5.74) is -0.126. The van der Waals surface area contributed by atoms with Crippen LogP contribution in [0.2, 0.25) is 0 Å². The van der Waals surface area contributed by atoms with Crippen LogP contribution < -0.4 is 0 Å². The van der Waals surface area contributed by atoms with Gasteiger partial charge in [0.1, 0.15) is 0 Å². The van der Waals surface area contributed by atoms with Gasteiger partial charge in [-0.25, -0.2) is 0 Å². The molecule has 1 aromatic heterocycles. The highest BCUT2D eigenvalue weighted by Crippen LogP contribution is 2.40. The molecule has 0 aromatic carbocycles. The fraction of sp³-hybridized carbons (Fsp3) is 0.444. The smallest absolute Gasteiger partial charge is 0.251 e. The average molecular weight is 186 g/mol. The van der Waals surface area contributed by atoms with Crippen molar-refractivity contribution in [2.45, 2.75) is 24.9 Å². The first kappa shape index (κ1) is 8.53. The number of rotatable bonds is 1. The Bertz CT molecular complexity index is 315. The minimum atomic E-state index is -4.27. The first-order valence-electron chi connectivity index (χ1n) is 4.02. The summed E-state index contributed by atoms with van der Waals surface area (Å²) >= 11 is 0. The van der Waals surface area contributed by atoms with Gasteiger partial charge in [-0.05, 0) is 25.0 Å². The summed E-state index contributed by atoms with van der Waals surface area (Å²) < 4.78 is 36.6. The van der Waals surface area contributed by atoms with Crippen LogP contribution in [0.3, 0.4) is 0 Å². The Hall–Kier alpha value is -1.06. The van der Waals surface area contributed by atoms with Crippen molar-refractivity contribution in [3.8, 4) is 0 Å². The van der Waals surface area contributed by atoms with Crippen LogP contribution in [-0.4, -0.2) is 4.98 Å². The summed E-state index contributed by atoms with van der Waals surface area (Å²) in [5.74, 6) is 0.235. The summed E-state index contributed by atoms with van der Waals surface area (Å²) in [6, 6.07) is 2.00. The van der Waals surface area contributed by atoms with Crippen molar-refractivity contribution in [3.05, 3.63) is 29.6 Å². The van der Waals surface area contributed by atoms with Crippen LogP contribution in [0.25, 0.3) is 0 Å². The van der Waals surface area contributed by atoms with Crippen molar-refractivity contribution < 1.29 is 13.2 Å². The van der Waals surface area contributed by atoms with Crippen LogP contribution in [0.5, 0.6) is 0 Å². The van der Waals surface area contributed by atoms with Crippen LogP contribution >= 0.6 is 0 Å². The lowest BCUT2D eigenvalue weighted by molar-refractivity contribution is -0.137. The molecule has 69 valence electrons. The van der Waals surface area contributed by atoms with Crippen LogP contribution in [0.15, 0.2) is 12.1 Å². The Balaban J connectivity index is 2.32. The third kappa shape index (κ3) is 1.82. The van der Waals surface area contributed by atoms with Crippen molar-refractivity contribution >= 4 is 0 Å². The van der Waals surface area contributed by atoms with E-state index in [0.717, 1.165) is 25.0 Å². The summed E-state index contributed by atoms with van der Waals surface area (Å²) in [6.45, 7) is 0. The molecule has 1 fully saturated rings. The number of alkyl halides is 3. The van der Waals surface area contributed by atoms with E-state index in [4.69, 9.17) is 0 Å². The lowest BCUT2D eigenvalue weighted by atomic mass is 10.2. The molecule has 1 saturated carbocycles. The molecule has 0 bridgehead atoms. The van der Waals surface area contributed by atoms with E-state index in [9.17, 15) is 13.2 Å². The maximum absolute atomic E-state index is 12.2. The topological polar surface area (TPSA) is 12.9 Å². The van der Waals surface area contributed by atoms with Gasteiger partial charge < -0.3 is 0 Å². The van der Waals surface area contributed by atoms with Gasteiger partial charge in [0.25, 0.3) is 0 Å². The normalized spacial score (nSPS) is 17.5. The highest BCUT2D eigenvalue weighted by Gasteiger charge is 2.33. The molecule has 0 aliphatic heterocycles. The van der Waals surface area contributed by atoms with Crippen LogP contribution in [0, 0.1) is 6.20 Å². The highest BCUT2D eigenvalue weighted by atomic mass is 19.4. The molecule has 13 heavy (non-hydrogen) atoms. The fourth-order valence-corrected chi connectivity index (χ4v) is 1.16. The van der Waals surface area contributed by atoms with E-state index in [0.29, 0.717) is 5.69 Å². The van der Waals surface area contributed by atoms with E-state index in [2.05, 4.69) is 11.2 Å². The monoisotopic (exact) mass is 186 g/mol. The van der Waals surface area contributed by atoms with Crippen molar-refractivity contribution in [2.24, 2.45) is 0 Å². The van der Waals surface area contributed by atoms with Gasteiger partial charge in [-0.15, -0.1) is 0 Å². The average Bonchev–Trinajstić information content (AvgIpc) is 2.85. The molecule has 0 spiro atoms. The lowest BCUT2D eigenvalue weighted by Crippen LogP contribution is -2.05. The van der Waals surface area contributed by atoms with Crippen LogP contribution in [0.1, 0.15) is 30.0 Å². The zero-order chi connectivity index (χ0) is 9.47. The van der Waals surface area contributed by atoms with Crippen molar-refractivity contribution in [3.63, 3.8) is 0 Å². The summed E-state index contributed by atoms with van der Waals surface area (Å²) in [7, 11) is 0. The third-order valence-electron chi connectivity index (χ3n) is 2.04. The standard InChI is InChI=1S/C9H7F3N/c10-9(11,12)7-3-4-13-8(5-7)6-1-2-6/h3,5-6H,1-2H2. The second-order valence-corrected chi connectivity index (χ2v) is 3.18. The van der Waals surface area contributed by atoms with Crippen molar-refractivity contribution in [1.29, 1.82) is 0 Å². The number of hydrogen-bond donors (Lipinski definition) is 0. The minimum Gasteiger partial charge on any atom is -0.251 e. The largest absolute Gasteiger partial charge is 0.416 e. The Morgan fingerprint density at radius 2 is 2.08 bits per heavy atom. The molecule has 0 saturated heterocycles. The van der Waals surface area contributed by atoms with E-state index in [1.807, 2.05) is 0 Å². The third-order valence-corrected chi connectivity index (χ3v) is 2.04. The van der Waals surface area contributed by atoms with Gasteiger partial charge in [0.2, 0.25) is 0 Å². The molecule has 0 N–H and O–H groups in total. The molecule has 0 atom stereocenters. The Kier molecular flexibility index (Phi) is 1.78. The van der Waals surface area contributed by atoms with Gasteiger partial charge in [0, 0.05) is 11.6 Å². The number of halogens is 3.